The number of hydrogen-bond donors (Lipinski definition) is 1. The van der Waals surface area contributed by atoms with Gasteiger partial charge in [-0.2, -0.15) is 0 Å². The summed E-state index contributed by atoms with van der Waals surface area (Å²) in [5.41, 5.74) is 1.11. The highest BCUT2D eigenvalue weighted by molar-refractivity contribution is 5.38. The zero-order valence-electron chi connectivity index (χ0n) is 11.0. The van der Waals surface area contributed by atoms with Crippen molar-refractivity contribution in [3.05, 3.63) is 65.0 Å². The Kier molecular flexibility index (Phi) is 4.18. The van der Waals surface area contributed by atoms with Crippen molar-refractivity contribution in [2.45, 2.75) is 19.4 Å². The quantitative estimate of drug-likeness (QED) is 0.864. The van der Waals surface area contributed by atoms with E-state index in [1.807, 2.05) is 0 Å². The van der Waals surface area contributed by atoms with Gasteiger partial charge in [-0.15, -0.1) is 13.2 Å². The first-order valence-corrected chi connectivity index (χ1v) is 6.06. The van der Waals surface area contributed by atoms with E-state index in [2.05, 4.69) is 4.74 Å². The summed E-state index contributed by atoms with van der Waals surface area (Å²) in [6.07, 6.45) is -6.05. The lowest BCUT2D eigenvalue weighted by molar-refractivity contribution is -0.274. The average Bonchev–Trinajstić information content (AvgIpc) is 2.39. The lowest BCUT2D eigenvalue weighted by Gasteiger charge is -2.16. The van der Waals surface area contributed by atoms with Crippen LogP contribution in [0.15, 0.2) is 42.5 Å². The number of aliphatic hydroxyl groups is 1. The van der Waals surface area contributed by atoms with Crippen LogP contribution in [0, 0.1) is 12.7 Å². The molecule has 0 amide bonds. The smallest absolute Gasteiger partial charge is 0.406 e. The summed E-state index contributed by atoms with van der Waals surface area (Å²) in [6, 6.07) is 8.85. The average molecular weight is 300 g/mol. The molecule has 21 heavy (non-hydrogen) atoms. The molecule has 0 aliphatic rings. The number of rotatable bonds is 3. The van der Waals surface area contributed by atoms with Crippen LogP contribution in [0.3, 0.4) is 0 Å². The Morgan fingerprint density at radius 3 is 2.48 bits per heavy atom. The van der Waals surface area contributed by atoms with Crippen LogP contribution in [0.25, 0.3) is 0 Å². The summed E-state index contributed by atoms with van der Waals surface area (Å²) in [5.74, 6) is -0.967. The van der Waals surface area contributed by atoms with Crippen molar-refractivity contribution in [1.82, 2.24) is 0 Å². The topological polar surface area (TPSA) is 29.5 Å². The lowest BCUT2D eigenvalue weighted by atomic mass is 9.97. The van der Waals surface area contributed by atoms with Crippen LogP contribution in [0.1, 0.15) is 22.8 Å². The third kappa shape index (κ3) is 3.95. The van der Waals surface area contributed by atoms with Crippen LogP contribution in [-0.2, 0) is 0 Å². The van der Waals surface area contributed by atoms with Gasteiger partial charge in [-0.3, -0.25) is 0 Å². The Morgan fingerprint density at radius 2 is 1.81 bits per heavy atom. The van der Waals surface area contributed by atoms with Gasteiger partial charge in [0.05, 0.1) is 0 Å². The van der Waals surface area contributed by atoms with Crippen molar-refractivity contribution in [1.29, 1.82) is 0 Å². The van der Waals surface area contributed by atoms with Gasteiger partial charge in [0.1, 0.15) is 17.7 Å². The molecule has 0 bridgehead atoms. The Morgan fingerprint density at radius 1 is 1.10 bits per heavy atom. The van der Waals surface area contributed by atoms with E-state index < -0.39 is 24.0 Å². The summed E-state index contributed by atoms with van der Waals surface area (Å²) in [7, 11) is 0. The molecule has 2 nitrogen and oxygen atoms in total. The van der Waals surface area contributed by atoms with Crippen LogP contribution in [-0.4, -0.2) is 11.5 Å². The third-order valence-electron chi connectivity index (χ3n) is 2.94. The number of aryl methyl sites for hydroxylation is 1. The summed E-state index contributed by atoms with van der Waals surface area (Å²) in [6.45, 7) is 1.67. The summed E-state index contributed by atoms with van der Waals surface area (Å²) < 4.78 is 53.6. The first-order chi connectivity index (χ1) is 9.76. The maximum absolute atomic E-state index is 13.2. The van der Waals surface area contributed by atoms with Gasteiger partial charge in [-0.25, -0.2) is 4.39 Å². The van der Waals surface area contributed by atoms with Crippen molar-refractivity contribution < 1.29 is 27.4 Å². The molecule has 0 radical (unpaired) electrons. The van der Waals surface area contributed by atoms with Gasteiger partial charge in [0.25, 0.3) is 0 Å². The normalized spacial score (nSPS) is 13.0. The van der Waals surface area contributed by atoms with E-state index in [9.17, 15) is 22.7 Å². The molecule has 2 aromatic rings. The second-order valence-electron chi connectivity index (χ2n) is 4.52. The highest BCUT2D eigenvalue weighted by atomic mass is 19.4. The first-order valence-electron chi connectivity index (χ1n) is 6.06. The number of halogens is 4. The molecule has 0 spiro atoms. The molecular weight excluding hydrogens is 288 g/mol. The second-order valence-corrected chi connectivity index (χ2v) is 4.52. The van der Waals surface area contributed by atoms with Crippen molar-refractivity contribution >= 4 is 0 Å². The van der Waals surface area contributed by atoms with E-state index in [0.717, 1.165) is 18.2 Å². The van der Waals surface area contributed by atoms with Crippen LogP contribution in [0.4, 0.5) is 17.6 Å². The number of ether oxygens (including phenoxy) is 1. The fourth-order valence-electron chi connectivity index (χ4n) is 1.97. The largest absolute Gasteiger partial charge is 0.573 e. The maximum atomic E-state index is 13.2. The van der Waals surface area contributed by atoms with E-state index in [-0.39, 0.29) is 5.56 Å². The SMILES string of the molecule is Cc1ccc(F)cc1C(O)c1cccc(OC(F)(F)F)c1. The van der Waals surface area contributed by atoms with Gasteiger partial charge < -0.3 is 9.84 Å². The molecular formula is C15H12F4O2. The van der Waals surface area contributed by atoms with Crippen molar-refractivity contribution in [3.8, 4) is 5.75 Å². The van der Waals surface area contributed by atoms with E-state index in [1.54, 1.807) is 6.92 Å². The van der Waals surface area contributed by atoms with Crippen LogP contribution >= 0.6 is 0 Å². The standard InChI is InChI=1S/C15H12F4O2/c1-9-5-6-11(16)8-13(9)14(20)10-3-2-4-12(7-10)21-15(17,18)19/h2-8,14,20H,1H3. The molecule has 0 aliphatic carbocycles. The highest BCUT2D eigenvalue weighted by Crippen LogP contribution is 2.29. The fraction of sp³-hybridized carbons (Fsp3) is 0.200. The molecule has 6 heteroatoms. The van der Waals surface area contributed by atoms with E-state index in [4.69, 9.17) is 0 Å². The number of alkyl halides is 3. The Balaban J connectivity index is 2.33. The minimum absolute atomic E-state index is 0.186. The predicted octanol–water partition coefficient (Wildman–Crippen LogP) is 4.11. The molecule has 0 saturated heterocycles. The minimum Gasteiger partial charge on any atom is -0.406 e. The zero-order chi connectivity index (χ0) is 15.6. The van der Waals surface area contributed by atoms with Gasteiger partial charge in [0, 0.05) is 0 Å². The molecule has 112 valence electrons. The first kappa shape index (κ1) is 15.3. The number of aliphatic hydroxyl groups excluding tert-OH is 1. The van der Waals surface area contributed by atoms with Gasteiger partial charge in [-0.1, -0.05) is 18.2 Å². The third-order valence-corrected chi connectivity index (χ3v) is 2.94. The molecule has 1 unspecified atom stereocenters. The number of hydrogen-bond acceptors (Lipinski definition) is 2. The molecule has 0 aliphatic heterocycles. The molecule has 2 aromatic carbocycles. The maximum Gasteiger partial charge on any atom is 0.573 e. The molecule has 0 saturated carbocycles. The van der Waals surface area contributed by atoms with Crippen LogP contribution < -0.4 is 4.74 Å². The van der Waals surface area contributed by atoms with Crippen molar-refractivity contribution in [2.24, 2.45) is 0 Å². The molecule has 0 fully saturated rings. The summed E-state index contributed by atoms with van der Waals surface area (Å²) in [5, 5.41) is 10.2. The Labute approximate surface area is 118 Å². The summed E-state index contributed by atoms with van der Waals surface area (Å²) >= 11 is 0. The van der Waals surface area contributed by atoms with Crippen LogP contribution in [0.5, 0.6) is 5.75 Å². The zero-order valence-corrected chi connectivity index (χ0v) is 11.0. The van der Waals surface area contributed by atoms with Gasteiger partial charge in [-0.05, 0) is 47.9 Å². The monoisotopic (exact) mass is 300 g/mol. The number of benzene rings is 2. The van der Waals surface area contributed by atoms with E-state index in [1.165, 1.54) is 24.3 Å². The van der Waals surface area contributed by atoms with E-state index >= 15 is 0 Å². The lowest BCUT2D eigenvalue weighted by Crippen LogP contribution is -2.17. The molecule has 0 aromatic heterocycles. The highest BCUT2D eigenvalue weighted by Gasteiger charge is 2.31. The Bertz CT molecular complexity index is 638. The molecule has 0 heterocycles. The summed E-state index contributed by atoms with van der Waals surface area (Å²) in [4.78, 5) is 0. The predicted molar refractivity (Wildman–Crippen MR) is 68.3 cm³/mol. The minimum atomic E-state index is -4.81. The molecule has 1 atom stereocenters. The molecule has 2 rings (SSSR count). The van der Waals surface area contributed by atoms with Crippen molar-refractivity contribution in [2.75, 3.05) is 0 Å². The van der Waals surface area contributed by atoms with Gasteiger partial charge >= 0.3 is 6.36 Å². The fourth-order valence-corrected chi connectivity index (χ4v) is 1.97. The second kappa shape index (κ2) is 5.73. The Hall–Kier alpha value is -2.08. The molecule has 1 N–H and O–H groups in total. The van der Waals surface area contributed by atoms with Gasteiger partial charge in [0.15, 0.2) is 0 Å². The van der Waals surface area contributed by atoms with E-state index in [0.29, 0.717) is 11.1 Å². The van der Waals surface area contributed by atoms with Crippen molar-refractivity contribution in [3.63, 3.8) is 0 Å². The van der Waals surface area contributed by atoms with Gasteiger partial charge in [0.2, 0.25) is 0 Å². The van der Waals surface area contributed by atoms with Crippen LogP contribution in [0.2, 0.25) is 0 Å².